The number of hydrogen-bond acceptors (Lipinski definition) is 4. The summed E-state index contributed by atoms with van der Waals surface area (Å²) in [6.07, 6.45) is -0.657. The number of carbonyl (C=O) groups excluding carboxylic acids is 1. The Bertz CT molecular complexity index is 626. The average Bonchev–Trinajstić information content (AvgIpc) is 2.36. The summed E-state index contributed by atoms with van der Waals surface area (Å²) in [6, 6.07) is 4.38. The summed E-state index contributed by atoms with van der Waals surface area (Å²) in [5.74, 6) is 0.343. The van der Waals surface area contributed by atoms with Gasteiger partial charge in [-0.25, -0.2) is 8.42 Å². The van der Waals surface area contributed by atoms with Gasteiger partial charge in [0.25, 0.3) is 15.0 Å². The van der Waals surface area contributed by atoms with Crippen LogP contribution in [0.5, 0.6) is 5.75 Å². The van der Waals surface area contributed by atoms with Crippen LogP contribution < -0.4 is 4.74 Å². The lowest BCUT2D eigenvalue weighted by atomic mass is 10.0. The third-order valence-electron chi connectivity index (χ3n) is 2.98. The third kappa shape index (κ3) is 4.61. The Morgan fingerprint density at radius 1 is 1.24 bits per heavy atom. The number of benzene rings is 1. The van der Waals surface area contributed by atoms with Gasteiger partial charge in [0.1, 0.15) is 5.75 Å². The van der Waals surface area contributed by atoms with Crippen molar-refractivity contribution in [3.8, 4) is 5.75 Å². The fourth-order valence-corrected chi connectivity index (χ4v) is 2.63. The van der Waals surface area contributed by atoms with Crippen molar-refractivity contribution in [3.05, 3.63) is 23.8 Å². The first-order chi connectivity index (χ1) is 9.54. The first-order valence-corrected chi connectivity index (χ1v) is 8.81. The van der Waals surface area contributed by atoms with Crippen LogP contribution in [0.15, 0.2) is 23.1 Å². The maximum Gasteiger partial charge on any atom is 0.262 e. The van der Waals surface area contributed by atoms with E-state index in [0.29, 0.717) is 11.3 Å². The number of ether oxygens (including phenoxy) is 1. The van der Waals surface area contributed by atoms with Crippen LogP contribution in [0.1, 0.15) is 32.3 Å². The quantitative estimate of drug-likeness (QED) is 0.777. The molecule has 0 saturated carbocycles. The average molecular weight is 334 g/mol. The molecule has 0 bridgehead atoms. The Morgan fingerprint density at radius 2 is 1.81 bits per heavy atom. The minimum absolute atomic E-state index is 0.0202. The van der Waals surface area contributed by atoms with Gasteiger partial charge >= 0.3 is 0 Å². The van der Waals surface area contributed by atoms with Gasteiger partial charge in [0.15, 0.2) is 6.10 Å². The molecule has 1 unspecified atom stereocenters. The van der Waals surface area contributed by atoms with E-state index in [0.717, 1.165) is 0 Å². The monoisotopic (exact) mass is 333 g/mol. The van der Waals surface area contributed by atoms with Crippen LogP contribution in [0.4, 0.5) is 0 Å². The van der Waals surface area contributed by atoms with Crippen molar-refractivity contribution in [2.24, 2.45) is 0 Å². The van der Waals surface area contributed by atoms with Crippen molar-refractivity contribution in [2.45, 2.75) is 37.7 Å². The molecule has 1 amide bonds. The lowest BCUT2D eigenvalue weighted by Crippen LogP contribution is -2.35. The van der Waals surface area contributed by atoms with Crippen molar-refractivity contribution in [2.75, 3.05) is 14.1 Å². The molecule has 7 heteroatoms. The molecule has 0 aliphatic rings. The minimum atomic E-state index is -3.79. The zero-order valence-corrected chi connectivity index (χ0v) is 14.3. The number of hydrogen-bond donors (Lipinski definition) is 0. The summed E-state index contributed by atoms with van der Waals surface area (Å²) in [4.78, 5) is 13.3. The van der Waals surface area contributed by atoms with Gasteiger partial charge in [-0.15, -0.1) is 0 Å². The van der Waals surface area contributed by atoms with Gasteiger partial charge in [-0.05, 0) is 36.6 Å². The highest BCUT2D eigenvalue weighted by molar-refractivity contribution is 8.13. The maximum absolute atomic E-state index is 11.8. The molecule has 1 rings (SSSR count). The second kappa shape index (κ2) is 6.66. The van der Waals surface area contributed by atoms with Crippen molar-refractivity contribution < 1.29 is 17.9 Å². The molecule has 5 nitrogen and oxygen atoms in total. The van der Waals surface area contributed by atoms with E-state index in [9.17, 15) is 13.2 Å². The summed E-state index contributed by atoms with van der Waals surface area (Å²) >= 11 is 0. The maximum atomic E-state index is 11.8. The van der Waals surface area contributed by atoms with Gasteiger partial charge in [-0.3, -0.25) is 4.79 Å². The van der Waals surface area contributed by atoms with Gasteiger partial charge in [0.05, 0.1) is 4.90 Å². The molecule has 0 radical (unpaired) electrons. The van der Waals surface area contributed by atoms with Gasteiger partial charge < -0.3 is 9.64 Å². The highest BCUT2D eigenvalue weighted by Crippen LogP contribution is 2.31. The number of carbonyl (C=O) groups is 1. The molecule has 1 aromatic carbocycles. The zero-order chi connectivity index (χ0) is 16.4. The summed E-state index contributed by atoms with van der Waals surface area (Å²) < 4.78 is 28.5. The molecule has 0 saturated heterocycles. The molecule has 118 valence electrons. The summed E-state index contributed by atoms with van der Waals surface area (Å²) in [5, 5.41) is 0. The Balaban J connectivity index is 3.16. The Morgan fingerprint density at radius 3 is 2.24 bits per heavy atom. The van der Waals surface area contributed by atoms with Crippen LogP contribution in [-0.2, 0) is 13.8 Å². The second-order valence-corrected chi connectivity index (χ2v) is 7.85. The van der Waals surface area contributed by atoms with Crippen LogP contribution in [0.3, 0.4) is 0 Å². The smallest absolute Gasteiger partial charge is 0.262 e. The van der Waals surface area contributed by atoms with Crippen molar-refractivity contribution in [1.29, 1.82) is 0 Å². The highest BCUT2D eigenvalue weighted by atomic mass is 35.7. The number of halogens is 1. The largest absolute Gasteiger partial charge is 0.481 e. The summed E-state index contributed by atoms with van der Waals surface area (Å²) in [5.41, 5.74) is 0.690. The Labute approximate surface area is 130 Å². The van der Waals surface area contributed by atoms with E-state index in [1.807, 2.05) is 13.8 Å². The molecule has 1 aromatic rings. The Hall–Kier alpha value is -1.27. The van der Waals surface area contributed by atoms with Crippen LogP contribution in [-0.4, -0.2) is 39.4 Å². The van der Waals surface area contributed by atoms with E-state index in [4.69, 9.17) is 15.4 Å². The van der Waals surface area contributed by atoms with E-state index in [1.54, 1.807) is 21.0 Å². The number of rotatable bonds is 5. The highest BCUT2D eigenvalue weighted by Gasteiger charge is 2.20. The third-order valence-corrected chi connectivity index (χ3v) is 4.33. The van der Waals surface area contributed by atoms with Gasteiger partial charge in [0.2, 0.25) is 0 Å². The molecule has 0 heterocycles. The molecule has 0 fully saturated rings. The summed E-state index contributed by atoms with van der Waals surface area (Å²) in [6.45, 7) is 5.47. The van der Waals surface area contributed by atoms with E-state index >= 15 is 0 Å². The van der Waals surface area contributed by atoms with E-state index < -0.39 is 15.2 Å². The molecule has 0 N–H and O–H groups in total. The molecule has 0 aromatic heterocycles. The molecular weight excluding hydrogens is 314 g/mol. The van der Waals surface area contributed by atoms with Gasteiger partial charge in [0, 0.05) is 24.8 Å². The first-order valence-electron chi connectivity index (χ1n) is 6.50. The Kier molecular flexibility index (Phi) is 5.64. The summed E-state index contributed by atoms with van der Waals surface area (Å²) in [7, 11) is 4.86. The lowest BCUT2D eigenvalue weighted by molar-refractivity contribution is -0.135. The van der Waals surface area contributed by atoms with E-state index in [1.165, 1.54) is 23.1 Å². The molecular formula is C14H20ClNO4S. The van der Waals surface area contributed by atoms with Gasteiger partial charge in [-0.2, -0.15) is 0 Å². The molecule has 1 atom stereocenters. The molecule has 0 aliphatic heterocycles. The van der Waals surface area contributed by atoms with Crippen molar-refractivity contribution in [1.82, 2.24) is 4.90 Å². The standard InChI is InChI=1S/C14H20ClNO4S/c1-9(2)12-8-11(21(15,18)19)6-7-13(12)20-10(3)14(17)16(4)5/h6-10H,1-5H3. The lowest BCUT2D eigenvalue weighted by Gasteiger charge is -2.21. The zero-order valence-electron chi connectivity index (χ0n) is 12.8. The van der Waals surface area contributed by atoms with E-state index in [-0.39, 0.29) is 16.7 Å². The van der Waals surface area contributed by atoms with Gasteiger partial charge in [-0.1, -0.05) is 13.8 Å². The number of likely N-dealkylation sites (N-methyl/N-ethyl adjacent to an activating group) is 1. The topological polar surface area (TPSA) is 63.7 Å². The number of amides is 1. The molecule has 0 spiro atoms. The predicted octanol–water partition coefficient (Wildman–Crippen LogP) is 2.59. The van der Waals surface area contributed by atoms with Crippen LogP contribution in [0.25, 0.3) is 0 Å². The SMILES string of the molecule is CC(Oc1ccc(S(=O)(=O)Cl)cc1C(C)C)C(=O)N(C)C. The fourth-order valence-electron chi connectivity index (χ4n) is 1.84. The van der Waals surface area contributed by atoms with Crippen molar-refractivity contribution >= 4 is 25.6 Å². The first kappa shape index (κ1) is 17.8. The second-order valence-electron chi connectivity index (χ2n) is 5.28. The van der Waals surface area contributed by atoms with Crippen LogP contribution >= 0.6 is 10.7 Å². The van der Waals surface area contributed by atoms with Crippen molar-refractivity contribution in [3.63, 3.8) is 0 Å². The molecule has 21 heavy (non-hydrogen) atoms. The number of nitrogens with zero attached hydrogens (tertiary/aromatic N) is 1. The predicted molar refractivity (Wildman–Crippen MR) is 82.4 cm³/mol. The fraction of sp³-hybridized carbons (Fsp3) is 0.500. The minimum Gasteiger partial charge on any atom is -0.481 e. The normalized spacial score (nSPS) is 13.1. The molecule has 0 aliphatic carbocycles. The van der Waals surface area contributed by atoms with Crippen LogP contribution in [0, 0.1) is 0 Å². The van der Waals surface area contributed by atoms with Crippen LogP contribution in [0.2, 0.25) is 0 Å². The van der Waals surface area contributed by atoms with E-state index in [2.05, 4.69) is 0 Å².